The first-order chi connectivity index (χ1) is 12.6. The molecule has 4 heteroatoms. The molecule has 4 rings (SSSR count). The molecule has 0 fully saturated rings. The topological polar surface area (TPSA) is 37.9 Å². The lowest BCUT2D eigenvalue weighted by molar-refractivity contribution is 0.414. The Labute approximate surface area is 158 Å². The number of hydrogen-bond donors (Lipinski definition) is 1. The molecule has 0 bridgehead atoms. The molecule has 2 aromatic carbocycles. The van der Waals surface area contributed by atoms with Crippen LogP contribution in [0.2, 0.25) is 0 Å². The molecule has 0 saturated heterocycles. The third kappa shape index (κ3) is 4.14. The van der Waals surface area contributed by atoms with E-state index < -0.39 is 0 Å². The van der Waals surface area contributed by atoms with E-state index in [0.29, 0.717) is 5.92 Å². The Balaban J connectivity index is 0.000000185. The van der Waals surface area contributed by atoms with Crippen LogP contribution in [0.15, 0.2) is 60.0 Å². The SMILES string of the molecule is CC(C)c1cc(-c2csc3ccccc23)n[nH]1.COc1cccc(C)c1. The van der Waals surface area contributed by atoms with Crippen molar-refractivity contribution in [1.29, 1.82) is 0 Å². The number of H-pyrrole nitrogens is 1. The summed E-state index contributed by atoms with van der Waals surface area (Å²) in [7, 11) is 1.68. The second-order valence-electron chi connectivity index (χ2n) is 6.53. The van der Waals surface area contributed by atoms with Gasteiger partial charge in [0.2, 0.25) is 0 Å². The van der Waals surface area contributed by atoms with Gasteiger partial charge in [0.15, 0.2) is 0 Å². The fraction of sp³-hybridized carbons (Fsp3) is 0.227. The minimum absolute atomic E-state index is 0.487. The Kier molecular flexibility index (Phi) is 5.74. The quantitative estimate of drug-likeness (QED) is 0.455. The van der Waals surface area contributed by atoms with Crippen molar-refractivity contribution in [2.24, 2.45) is 0 Å². The first kappa shape index (κ1) is 18.2. The van der Waals surface area contributed by atoms with Gasteiger partial charge in [-0.3, -0.25) is 5.10 Å². The second-order valence-corrected chi connectivity index (χ2v) is 7.44. The molecule has 0 aliphatic heterocycles. The summed E-state index contributed by atoms with van der Waals surface area (Å²) in [6, 6.07) is 18.6. The van der Waals surface area contributed by atoms with Crippen LogP contribution in [0, 0.1) is 6.92 Å². The number of ether oxygens (including phenoxy) is 1. The zero-order valence-electron chi connectivity index (χ0n) is 15.6. The number of fused-ring (bicyclic) bond motifs is 1. The van der Waals surface area contributed by atoms with Crippen molar-refractivity contribution >= 4 is 21.4 Å². The van der Waals surface area contributed by atoms with Crippen LogP contribution in [-0.4, -0.2) is 17.3 Å². The van der Waals surface area contributed by atoms with Gasteiger partial charge in [0.05, 0.1) is 12.8 Å². The molecular formula is C22H24N2OS. The predicted molar refractivity (Wildman–Crippen MR) is 111 cm³/mol. The van der Waals surface area contributed by atoms with Crippen molar-refractivity contribution in [2.75, 3.05) is 7.11 Å². The van der Waals surface area contributed by atoms with Crippen LogP contribution in [-0.2, 0) is 0 Å². The van der Waals surface area contributed by atoms with Gasteiger partial charge in [-0.2, -0.15) is 5.10 Å². The fourth-order valence-electron chi connectivity index (χ4n) is 2.69. The summed E-state index contributed by atoms with van der Waals surface area (Å²) >= 11 is 1.77. The van der Waals surface area contributed by atoms with Crippen molar-refractivity contribution < 1.29 is 4.74 Å². The molecule has 3 nitrogen and oxygen atoms in total. The molecule has 0 spiro atoms. The van der Waals surface area contributed by atoms with Gasteiger partial charge in [-0.05, 0) is 42.7 Å². The maximum Gasteiger partial charge on any atom is 0.119 e. The Morgan fingerprint density at radius 1 is 1.04 bits per heavy atom. The standard InChI is InChI=1S/C14H14N2S.C8H10O/c1-9(2)12-7-13(16-15-12)11-8-17-14-6-4-3-5-10(11)14;1-7-4-3-5-8(6-7)9-2/h3-9H,1-2H3,(H,15,16);3-6H,1-2H3. The average molecular weight is 365 g/mol. The maximum absolute atomic E-state index is 5.00. The zero-order valence-corrected chi connectivity index (χ0v) is 16.4. The van der Waals surface area contributed by atoms with Crippen LogP contribution in [0.25, 0.3) is 21.3 Å². The number of aromatic amines is 1. The predicted octanol–water partition coefficient (Wildman–Crippen LogP) is 6.42. The van der Waals surface area contributed by atoms with E-state index in [1.165, 1.54) is 26.9 Å². The van der Waals surface area contributed by atoms with Crippen molar-refractivity contribution in [3.63, 3.8) is 0 Å². The summed E-state index contributed by atoms with van der Waals surface area (Å²) < 4.78 is 6.31. The maximum atomic E-state index is 5.00. The minimum atomic E-state index is 0.487. The molecule has 1 N–H and O–H groups in total. The normalized spacial score (nSPS) is 10.7. The van der Waals surface area contributed by atoms with Crippen LogP contribution in [0.3, 0.4) is 0 Å². The average Bonchev–Trinajstić information content (AvgIpc) is 3.29. The van der Waals surface area contributed by atoms with Gasteiger partial charge in [-0.15, -0.1) is 11.3 Å². The summed E-state index contributed by atoms with van der Waals surface area (Å²) in [5.74, 6) is 1.41. The molecule has 0 atom stereocenters. The van der Waals surface area contributed by atoms with Crippen LogP contribution in [0.4, 0.5) is 0 Å². The lowest BCUT2D eigenvalue weighted by Crippen LogP contribution is -1.85. The molecule has 4 aromatic rings. The van der Waals surface area contributed by atoms with E-state index in [9.17, 15) is 0 Å². The summed E-state index contributed by atoms with van der Waals surface area (Å²) in [6.07, 6.45) is 0. The Morgan fingerprint density at radius 2 is 1.85 bits per heavy atom. The van der Waals surface area contributed by atoms with E-state index in [2.05, 4.69) is 59.8 Å². The number of nitrogens with zero attached hydrogens (tertiary/aromatic N) is 1. The molecule has 0 radical (unpaired) electrons. The molecule has 26 heavy (non-hydrogen) atoms. The Hall–Kier alpha value is -2.59. The minimum Gasteiger partial charge on any atom is -0.497 e. The number of aromatic nitrogens is 2. The number of thiophene rings is 1. The first-order valence-corrected chi connectivity index (χ1v) is 9.59. The highest BCUT2D eigenvalue weighted by molar-refractivity contribution is 7.17. The lowest BCUT2D eigenvalue weighted by atomic mass is 10.1. The highest BCUT2D eigenvalue weighted by atomic mass is 32.1. The molecular weight excluding hydrogens is 340 g/mol. The summed E-state index contributed by atoms with van der Waals surface area (Å²) in [4.78, 5) is 0. The highest BCUT2D eigenvalue weighted by Gasteiger charge is 2.10. The largest absolute Gasteiger partial charge is 0.497 e. The first-order valence-electron chi connectivity index (χ1n) is 8.71. The third-order valence-corrected chi connectivity index (χ3v) is 5.17. The molecule has 2 heterocycles. The number of aryl methyl sites for hydroxylation is 1. The number of benzene rings is 2. The van der Waals surface area contributed by atoms with Gasteiger partial charge in [0, 0.05) is 26.7 Å². The van der Waals surface area contributed by atoms with E-state index in [1.807, 2.05) is 31.2 Å². The molecule has 0 saturated carbocycles. The Morgan fingerprint density at radius 3 is 2.50 bits per heavy atom. The lowest BCUT2D eigenvalue weighted by Gasteiger charge is -1.97. The van der Waals surface area contributed by atoms with Crippen molar-refractivity contribution in [3.05, 3.63) is 71.2 Å². The van der Waals surface area contributed by atoms with Gasteiger partial charge in [-0.25, -0.2) is 0 Å². The van der Waals surface area contributed by atoms with Crippen molar-refractivity contribution in [2.45, 2.75) is 26.7 Å². The van der Waals surface area contributed by atoms with E-state index in [-0.39, 0.29) is 0 Å². The number of methoxy groups -OCH3 is 1. The number of hydrogen-bond acceptors (Lipinski definition) is 3. The van der Waals surface area contributed by atoms with Crippen LogP contribution in [0.1, 0.15) is 31.0 Å². The highest BCUT2D eigenvalue weighted by Crippen LogP contribution is 2.33. The van der Waals surface area contributed by atoms with Crippen molar-refractivity contribution in [1.82, 2.24) is 10.2 Å². The molecule has 0 aliphatic rings. The van der Waals surface area contributed by atoms with Gasteiger partial charge < -0.3 is 4.74 Å². The van der Waals surface area contributed by atoms with Gasteiger partial charge in [-0.1, -0.05) is 44.2 Å². The zero-order chi connectivity index (χ0) is 18.5. The summed E-state index contributed by atoms with van der Waals surface area (Å²) in [5, 5.41) is 11.0. The van der Waals surface area contributed by atoms with Crippen LogP contribution in [0.5, 0.6) is 5.75 Å². The monoisotopic (exact) mass is 364 g/mol. The van der Waals surface area contributed by atoms with Gasteiger partial charge in [0.25, 0.3) is 0 Å². The summed E-state index contributed by atoms with van der Waals surface area (Å²) in [6.45, 7) is 6.38. The fourth-order valence-corrected chi connectivity index (χ4v) is 3.64. The second kappa shape index (κ2) is 8.19. The van der Waals surface area contributed by atoms with Crippen molar-refractivity contribution in [3.8, 4) is 17.0 Å². The Bertz CT molecular complexity index is 984. The van der Waals surface area contributed by atoms with E-state index >= 15 is 0 Å². The number of rotatable bonds is 3. The van der Waals surface area contributed by atoms with Crippen LogP contribution >= 0.6 is 11.3 Å². The molecule has 0 amide bonds. The van der Waals surface area contributed by atoms with E-state index in [0.717, 1.165) is 11.4 Å². The molecule has 134 valence electrons. The number of nitrogens with one attached hydrogen (secondary N) is 1. The van der Waals surface area contributed by atoms with Gasteiger partial charge in [0.1, 0.15) is 5.75 Å². The summed E-state index contributed by atoms with van der Waals surface area (Å²) in [5.41, 5.74) is 4.70. The smallest absolute Gasteiger partial charge is 0.119 e. The van der Waals surface area contributed by atoms with E-state index in [4.69, 9.17) is 4.74 Å². The molecule has 0 unspecified atom stereocenters. The van der Waals surface area contributed by atoms with Gasteiger partial charge >= 0.3 is 0 Å². The molecule has 2 aromatic heterocycles. The molecule has 0 aliphatic carbocycles. The van der Waals surface area contributed by atoms with E-state index in [1.54, 1.807) is 18.4 Å². The van der Waals surface area contributed by atoms with Crippen LogP contribution < -0.4 is 4.74 Å². The third-order valence-electron chi connectivity index (χ3n) is 4.20.